The fourth-order valence-corrected chi connectivity index (χ4v) is 15.0. The minimum absolute atomic E-state index is 0.0215. The maximum Gasteiger partial charge on any atom is 0.410 e. The summed E-state index contributed by atoms with van der Waals surface area (Å²) >= 11 is 4.83. The number of β-amino-alcohol motifs (C(OH)–C–C–N with tert-alkyl or cyclic N) is 1. The molecule has 5 heterocycles. The Labute approximate surface area is 669 Å². The van der Waals surface area contributed by atoms with Gasteiger partial charge in [-0.3, -0.25) is 62.4 Å². The quantitative estimate of drug-likeness (QED) is 0.0141. The molecule has 5 aliphatic rings. The number of aliphatic hydroxyl groups is 1. The first kappa shape index (κ1) is 91.2. The Hall–Kier alpha value is -10.0. The first-order valence-electron chi connectivity index (χ1n) is 37.0. The lowest BCUT2D eigenvalue weighted by Crippen LogP contribution is -2.59. The second kappa shape index (κ2) is 44.0. The molecule has 1 aliphatic carbocycles. The molecule has 1 aromatic heterocycles. The number of aromatic nitrogens is 1. The van der Waals surface area contributed by atoms with Gasteiger partial charge in [-0.25, -0.2) is 9.59 Å². The van der Waals surface area contributed by atoms with Gasteiger partial charge in [-0.15, -0.1) is 11.8 Å². The van der Waals surface area contributed by atoms with E-state index in [9.17, 15) is 77.3 Å². The number of hydrogen-bond acceptors (Lipinski definition) is 26. The number of nitrogens with one attached hydrogen (secondary N) is 7. The molecule has 3 fully saturated rings. The third kappa shape index (κ3) is 25.7. The van der Waals surface area contributed by atoms with E-state index in [2.05, 4.69) is 87.6 Å². The van der Waals surface area contributed by atoms with E-state index in [0.29, 0.717) is 40.9 Å². The van der Waals surface area contributed by atoms with Gasteiger partial charge in [-0.05, 0) is 85.6 Å². The summed E-state index contributed by atoms with van der Waals surface area (Å²) in [5.41, 5.74) is 17.4. The van der Waals surface area contributed by atoms with Crippen molar-refractivity contribution in [3.8, 4) is 16.9 Å². The number of nitrogens with zero attached hydrogens (tertiary/aromatic N) is 2. The van der Waals surface area contributed by atoms with Crippen molar-refractivity contribution in [1.82, 2.24) is 46.7 Å². The second-order valence-corrected chi connectivity index (χ2v) is 29.0. The number of carboxylic acids is 1. The van der Waals surface area contributed by atoms with Crippen molar-refractivity contribution >= 4 is 126 Å². The fourth-order valence-electron chi connectivity index (χ4n) is 13.9. The Balaban J connectivity index is 0.000000373. The zero-order valence-corrected chi connectivity index (χ0v) is 66.9. The average molecular weight is 1650 g/mol. The summed E-state index contributed by atoms with van der Waals surface area (Å²) in [6.45, 7) is 10.5. The summed E-state index contributed by atoms with van der Waals surface area (Å²) in [7, 11) is 4.20. The van der Waals surface area contributed by atoms with Crippen LogP contribution in [0.1, 0.15) is 116 Å². The maximum atomic E-state index is 14.4. The average Bonchev–Trinajstić information content (AvgIpc) is 1.59. The summed E-state index contributed by atoms with van der Waals surface area (Å²) in [6.07, 6.45) is -1.27. The van der Waals surface area contributed by atoms with E-state index in [4.69, 9.17) is 49.4 Å². The number of primary amides is 1. The Bertz CT molecular complexity index is 4110. The number of thioether (sulfide) groups is 1. The van der Waals surface area contributed by atoms with Gasteiger partial charge in [0.15, 0.2) is 6.29 Å². The molecule has 3 saturated heterocycles. The number of ether oxygens (including phenoxy) is 8. The Kier molecular flexibility index (Phi) is 35.2. The monoisotopic (exact) mass is 1650 g/mol. The molecule has 620 valence electrons. The molecule has 3 aromatic carbocycles. The van der Waals surface area contributed by atoms with Crippen molar-refractivity contribution in [1.29, 1.82) is 0 Å². The molecular formula is C76H100N11O24PS2. The van der Waals surface area contributed by atoms with Crippen LogP contribution in [0, 0.1) is 11.8 Å². The van der Waals surface area contributed by atoms with Crippen LogP contribution >= 0.6 is 19.8 Å². The normalized spacial score (nSPS) is 22.5. The van der Waals surface area contributed by atoms with Crippen LogP contribution in [-0.2, 0) is 114 Å². The lowest BCUT2D eigenvalue weighted by Gasteiger charge is -2.33. The van der Waals surface area contributed by atoms with Gasteiger partial charge in [0.2, 0.25) is 47.3 Å². The maximum absolute atomic E-state index is 14.4. The highest BCUT2D eigenvalue weighted by Crippen LogP contribution is 2.45. The highest BCUT2D eigenvalue weighted by molar-refractivity contribution is 7.99. The third-order valence-corrected chi connectivity index (χ3v) is 20.8. The minimum Gasteiger partial charge on any atom is -0.481 e. The number of aliphatic carboxylic acids is 1. The van der Waals surface area contributed by atoms with Crippen molar-refractivity contribution in [2.24, 2.45) is 23.3 Å². The van der Waals surface area contributed by atoms with E-state index in [-0.39, 0.29) is 55.8 Å². The molecule has 14 atom stereocenters. The zero-order chi connectivity index (χ0) is 83.6. The van der Waals surface area contributed by atoms with E-state index in [1.165, 1.54) is 37.0 Å². The van der Waals surface area contributed by atoms with E-state index in [0.717, 1.165) is 72.0 Å². The molecule has 35 nitrogen and oxygen atoms in total. The number of aliphatic hydroxyl groups excluding tert-OH is 1. The van der Waals surface area contributed by atoms with Crippen molar-refractivity contribution in [3.63, 3.8) is 0 Å². The summed E-state index contributed by atoms with van der Waals surface area (Å²) in [6, 6.07) is 11.4. The number of aromatic amines is 1. The van der Waals surface area contributed by atoms with Gasteiger partial charge in [0.25, 0.3) is 0 Å². The van der Waals surface area contributed by atoms with Crippen molar-refractivity contribution < 1.29 is 115 Å². The number of benzene rings is 3. The van der Waals surface area contributed by atoms with Gasteiger partial charge in [0, 0.05) is 81.8 Å². The number of esters is 4. The first-order valence-corrected chi connectivity index (χ1v) is 39.6. The minimum atomic E-state index is -1.85. The molecule has 4 aliphatic heterocycles. The molecule has 38 heteroatoms. The van der Waals surface area contributed by atoms with Gasteiger partial charge in [0.1, 0.15) is 61.9 Å². The van der Waals surface area contributed by atoms with Gasteiger partial charge in [-0.2, -0.15) is 0 Å². The number of H-pyrrole nitrogens is 1. The number of carbonyl (C=O) groups excluding carboxylic acids is 13. The predicted molar refractivity (Wildman–Crippen MR) is 415 cm³/mol. The number of methoxy groups -OCH3 is 1. The van der Waals surface area contributed by atoms with Gasteiger partial charge in [0.05, 0.1) is 68.5 Å². The molecule has 0 spiro atoms. The standard InChI is InChI=1S/C46H64N10O17S.C30H35NO7.HPS/c1-7-20(2)40-44(69)50-15-37(62)51-33(19-74-45-28(12-29(47)41(66)49-16-38(63)55-40)27-11-26(72-23(5)58)8-9-30(27)54-45)42(67)53-32(13-36(48)61)46(70)56-17-25(60)10-34(56)43(68)52-31(14-39(64)65)21(3)35(73-24(6)59)18-71-22(4)57;1-3-15-35-29(32)27-16-21(38-28-14-8-9-20(37-28)18-34-2)17-31(27)30(33)36-19-26-24-12-6-4-10-22(24)23-11-5-7-13-25(23)26;1-2/h8-9,11,20-21,25,29,31-35,40,54,60H,7,10,12-19,47H2,1-6H3,(H2,48,61)(H,49,66)(H,50,69)(H,51,62)(H,52,68)(H,53,67)(H,55,63)(H,64,65);3-7,10-13,20-21,26-28H,1,8-9,14-19H2,2H3;1H/t20-,21?,25?,29?,31+,32?,33?,34-,35-,40-;20?,21?,27-,28?;/m00./s1. The van der Waals surface area contributed by atoms with Crippen LogP contribution in [0.4, 0.5) is 4.79 Å². The van der Waals surface area contributed by atoms with E-state index in [1.54, 1.807) is 27.0 Å². The van der Waals surface area contributed by atoms with Crippen molar-refractivity contribution in [2.75, 3.05) is 65.5 Å². The van der Waals surface area contributed by atoms with Crippen LogP contribution in [0.2, 0.25) is 0 Å². The molecule has 9 amide bonds. The highest BCUT2D eigenvalue weighted by Gasteiger charge is 2.47. The number of hydrogen-bond donors (Lipinski definition) is 11. The van der Waals surface area contributed by atoms with Crippen LogP contribution in [0.3, 0.4) is 0 Å². The van der Waals surface area contributed by atoms with Gasteiger partial charge in [-0.1, -0.05) is 100 Å². The topological polar surface area (TPSA) is 500 Å². The number of likely N-dealkylation sites (tertiary alicyclic amines) is 2. The number of nitrogens with two attached hydrogens (primary N) is 2. The Morgan fingerprint density at radius 3 is 2.09 bits per heavy atom. The zero-order valence-electron chi connectivity index (χ0n) is 64.3. The molecular weight excluding hydrogens is 1550 g/mol. The first-order chi connectivity index (χ1) is 54.4. The number of amides is 9. The molecule has 4 aromatic rings. The lowest BCUT2D eigenvalue weighted by molar-refractivity contribution is -0.219. The molecule has 0 bridgehead atoms. The van der Waals surface area contributed by atoms with Gasteiger partial charge < -0.3 is 101 Å². The molecule has 8 unspecified atom stereocenters. The van der Waals surface area contributed by atoms with Crippen LogP contribution in [0.5, 0.6) is 5.75 Å². The molecule has 0 saturated carbocycles. The van der Waals surface area contributed by atoms with Crippen LogP contribution < -0.4 is 48.1 Å². The summed E-state index contributed by atoms with van der Waals surface area (Å²) in [5.74, 6) is -13.2. The van der Waals surface area contributed by atoms with Gasteiger partial charge >= 0.3 is 35.9 Å². The predicted octanol–water partition coefficient (Wildman–Crippen LogP) is 1.99. The van der Waals surface area contributed by atoms with E-state index in [1.807, 2.05) is 24.3 Å². The SMILES string of the molecule is C=CCOC(=O)[C@@H]1CC(OC2CCCC(COC)O2)CN1C(=O)OCC1c2ccccc2-c2ccccc21.CC[C@H](C)[C@@H]1NC(=O)CNC(=O)C(N)Cc2c([nH]c3ccc(OC(C)=O)cc23)SCC(C(=O)NC(CC(N)=O)C(=O)N2CC(O)C[C@H]2C(=O)N[C@H](CC(=O)O)C(C)[C@H](COC(C)=O)OC(C)=O)NC(=O)CNC1=O.P=S. The van der Waals surface area contributed by atoms with Crippen LogP contribution in [-0.4, -0.2) is 247 Å². The summed E-state index contributed by atoms with van der Waals surface area (Å²) < 4.78 is 44.2. The number of carboxylic acid groups (broad SMARTS) is 1. The van der Waals surface area contributed by atoms with Crippen LogP contribution in [0.25, 0.3) is 22.0 Å². The number of carbonyl (C=O) groups is 14. The summed E-state index contributed by atoms with van der Waals surface area (Å²) in [4.78, 5) is 188. The lowest BCUT2D eigenvalue weighted by atomic mass is 9.92. The number of rotatable bonds is 26. The summed E-state index contributed by atoms with van der Waals surface area (Å²) in [5, 5.41) is 36.2. The van der Waals surface area contributed by atoms with Crippen molar-refractivity contribution in [3.05, 3.63) is 96.1 Å². The highest BCUT2D eigenvalue weighted by atomic mass is 32.4. The Morgan fingerprint density at radius 2 is 1.46 bits per heavy atom. The smallest absolute Gasteiger partial charge is 0.410 e. The third-order valence-electron chi connectivity index (χ3n) is 19.6. The largest absolute Gasteiger partial charge is 0.481 e. The molecule has 13 N–H and O–H groups in total. The second-order valence-electron chi connectivity index (χ2n) is 28.0. The van der Waals surface area contributed by atoms with E-state index < -0.39 is 201 Å². The van der Waals surface area contributed by atoms with Crippen LogP contribution in [0.15, 0.2) is 84.4 Å². The Morgan fingerprint density at radius 1 is 0.798 bits per heavy atom. The molecule has 9 rings (SSSR count). The molecule has 114 heavy (non-hydrogen) atoms. The molecule has 0 radical (unpaired) electrons. The van der Waals surface area contributed by atoms with Crippen molar-refractivity contribution in [2.45, 2.75) is 183 Å². The van der Waals surface area contributed by atoms with E-state index >= 15 is 0 Å². The number of fused-ring (bicyclic) bond motifs is 6. The fraction of sp³-hybridized carbons (Fsp3) is 0.526.